The van der Waals surface area contributed by atoms with Crippen molar-refractivity contribution in [1.82, 2.24) is 4.72 Å². The van der Waals surface area contributed by atoms with Gasteiger partial charge in [0.2, 0.25) is 5.91 Å². The van der Waals surface area contributed by atoms with Crippen molar-refractivity contribution in [2.24, 2.45) is 22.1 Å². The second kappa shape index (κ2) is 12.6. The highest BCUT2D eigenvalue weighted by atomic mass is 35.5. The third kappa shape index (κ3) is 6.33. The first-order valence-corrected chi connectivity index (χ1v) is 18.1. The number of hydrogen-bond acceptors (Lipinski definition) is 7. The molecule has 2 aliphatic carbocycles. The number of anilines is 1. The molecule has 9 nitrogen and oxygen atoms in total. The highest BCUT2D eigenvalue weighted by Crippen LogP contribution is 2.47. The van der Waals surface area contributed by atoms with Crippen molar-refractivity contribution >= 4 is 39.0 Å². The van der Waals surface area contributed by atoms with Crippen molar-refractivity contribution in [1.29, 1.82) is 0 Å². The summed E-state index contributed by atoms with van der Waals surface area (Å²) >= 11 is 6.42. The molecule has 0 saturated heterocycles. The average Bonchev–Trinajstić information content (AvgIpc) is 3.13. The molecule has 46 heavy (non-hydrogen) atoms. The summed E-state index contributed by atoms with van der Waals surface area (Å²) in [6.45, 7) is 8.31. The number of nitrogens with zero attached hydrogens (tertiary/aromatic N) is 2. The Balaban J connectivity index is 1.51. The first-order valence-electron chi connectivity index (χ1n) is 16.2. The van der Waals surface area contributed by atoms with Gasteiger partial charge in [0.05, 0.1) is 29.9 Å². The molecule has 1 saturated carbocycles. The van der Waals surface area contributed by atoms with E-state index in [1.807, 2.05) is 6.07 Å². The van der Waals surface area contributed by atoms with Gasteiger partial charge in [-0.15, -0.1) is 4.36 Å². The van der Waals surface area contributed by atoms with Crippen LogP contribution in [0, 0.1) is 17.8 Å². The number of carbonyl (C=O) groups excluding carboxylic acids is 2. The molecule has 1 unspecified atom stereocenters. The third-order valence-electron chi connectivity index (χ3n) is 10.1. The maximum Gasteiger partial charge on any atom is 0.287 e. The molecule has 2 aromatic rings. The number of benzene rings is 2. The van der Waals surface area contributed by atoms with Gasteiger partial charge in [-0.1, -0.05) is 43.7 Å². The summed E-state index contributed by atoms with van der Waals surface area (Å²) in [5, 5.41) is 11.9. The van der Waals surface area contributed by atoms with Crippen molar-refractivity contribution < 1.29 is 28.4 Å². The van der Waals surface area contributed by atoms with E-state index in [1.165, 1.54) is 11.1 Å². The molecule has 6 rings (SSSR count). The number of aliphatic hydroxyl groups is 1. The number of rotatable bonds is 2. The van der Waals surface area contributed by atoms with Crippen LogP contribution >= 0.6 is 11.6 Å². The number of halogens is 1. The van der Waals surface area contributed by atoms with Crippen molar-refractivity contribution in [3.05, 3.63) is 64.7 Å². The minimum atomic E-state index is -3.76. The number of nitrogens with one attached hydrogen (secondary N) is 1. The van der Waals surface area contributed by atoms with Crippen LogP contribution in [0.1, 0.15) is 64.5 Å². The van der Waals surface area contributed by atoms with Crippen LogP contribution in [0.25, 0.3) is 0 Å². The first-order chi connectivity index (χ1) is 21.8. The zero-order valence-electron chi connectivity index (χ0n) is 27.0. The Bertz CT molecular complexity index is 1680. The number of hydrogen-bond donors (Lipinski definition) is 2. The van der Waals surface area contributed by atoms with E-state index in [1.54, 1.807) is 58.0 Å². The maximum atomic E-state index is 14.7. The molecule has 1 spiro atoms. The molecule has 0 radical (unpaired) electrons. The highest BCUT2D eigenvalue weighted by molar-refractivity contribution is 7.92. The molecular weight excluding hydrogens is 626 g/mol. The predicted molar refractivity (Wildman–Crippen MR) is 178 cm³/mol. The smallest absolute Gasteiger partial charge is 0.287 e. The molecule has 2 amide bonds. The van der Waals surface area contributed by atoms with Crippen molar-refractivity contribution in [3.8, 4) is 5.75 Å². The number of amides is 2. The van der Waals surface area contributed by atoms with E-state index in [9.17, 15) is 18.9 Å². The Morgan fingerprint density at radius 1 is 1.20 bits per heavy atom. The largest absolute Gasteiger partial charge is 0.490 e. The van der Waals surface area contributed by atoms with Crippen molar-refractivity contribution in [3.63, 3.8) is 0 Å². The van der Waals surface area contributed by atoms with E-state index in [4.69, 9.17) is 21.1 Å². The SMILES string of the molecule is CC(C)C(=O)NS1(=O)=NC(=O)C(C)(C)OC/C=C\[C@H](O)[C@@H]2CC[C@H]2CN2C[C@@]3(CCCc4cc(Cl)ccc43)COc3ccc1cc32. The van der Waals surface area contributed by atoms with Crippen LogP contribution in [0.4, 0.5) is 5.69 Å². The zero-order valence-corrected chi connectivity index (χ0v) is 28.5. The van der Waals surface area contributed by atoms with Gasteiger partial charge in [-0.2, -0.15) is 0 Å². The van der Waals surface area contributed by atoms with Gasteiger partial charge in [0.25, 0.3) is 5.91 Å². The van der Waals surface area contributed by atoms with Crippen LogP contribution < -0.4 is 14.4 Å². The van der Waals surface area contributed by atoms with Crippen molar-refractivity contribution in [2.45, 2.75) is 81.8 Å². The fourth-order valence-electron chi connectivity index (χ4n) is 7.09. The molecule has 5 atom stereocenters. The fourth-order valence-corrected chi connectivity index (χ4v) is 9.04. The van der Waals surface area contributed by atoms with E-state index in [0.717, 1.165) is 37.8 Å². The molecule has 11 heteroatoms. The van der Waals surface area contributed by atoms with Gasteiger partial charge >= 0.3 is 0 Å². The van der Waals surface area contributed by atoms with Crippen molar-refractivity contribution in [2.75, 3.05) is 31.2 Å². The number of carbonyl (C=O) groups is 2. The minimum absolute atomic E-state index is 0.0626. The summed E-state index contributed by atoms with van der Waals surface area (Å²) < 4.78 is 33.9. The zero-order chi connectivity index (χ0) is 32.9. The van der Waals surface area contributed by atoms with Crippen LogP contribution in [0.15, 0.2) is 57.8 Å². The Labute approximate surface area is 277 Å². The van der Waals surface area contributed by atoms with Gasteiger partial charge in [-0.25, -0.2) is 4.21 Å². The van der Waals surface area contributed by atoms with E-state index in [-0.39, 0.29) is 28.8 Å². The van der Waals surface area contributed by atoms with E-state index in [0.29, 0.717) is 30.5 Å². The first kappa shape index (κ1) is 33.0. The minimum Gasteiger partial charge on any atom is -0.490 e. The molecule has 1 fully saturated rings. The maximum absolute atomic E-state index is 14.7. The summed E-state index contributed by atoms with van der Waals surface area (Å²) in [5.74, 6) is -0.829. The van der Waals surface area contributed by atoms with E-state index < -0.39 is 39.4 Å². The lowest BCUT2D eigenvalue weighted by molar-refractivity contribution is -0.137. The number of fused-ring (bicyclic) bond motifs is 4. The Kier molecular flexibility index (Phi) is 9.04. The second-order valence-electron chi connectivity index (χ2n) is 14.0. The number of aryl methyl sites for hydroxylation is 1. The topological polar surface area (TPSA) is 118 Å². The summed E-state index contributed by atoms with van der Waals surface area (Å²) in [7, 11) is -3.76. The Hall–Kier alpha value is -2.92. The lowest BCUT2D eigenvalue weighted by Gasteiger charge is -2.45. The molecule has 2 aliphatic heterocycles. The normalized spacial score (nSPS) is 31.4. The summed E-state index contributed by atoms with van der Waals surface area (Å²) in [5.41, 5.74) is 1.44. The Morgan fingerprint density at radius 2 is 2.00 bits per heavy atom. The summed E-state index contributed by atoms with van der Waals surface area (Å²) in [4.78, 5) is 29.0. The van der Waals surface area contributed by atoms with Gasteiger partial charge in [-0.05, 0) is 99.2 Å². The van der Waals surface area contributed by atoms with Gasteiger partial charge in [-0.3, -0.25) is 14.3 Å². The standard InChI is InChI=1S/C35H44ClN3O6S/c1-22(2)32(41)37-46(43)26-11-14-31-29(18-26)39(20-35(21-44-31)15-5-7-23-17-25(36)10-13-28(23)35)19-24-9-12-27(24)30(40)8-6-16-45-34(3,4)33(42)38-46/h6,8,10-11,13-14,17-18,22,24,27,30,40H,5,7,9,12,15-16,19-21H2,1-4H3,(H,37,38,41,42,43)/b8-6-/t24-,27+,30-,35-,46?/m0/s1. The fraction of sp³-hybridized carbons (Fsp3) is 0.543. The highest BCUT2D eigenvalue weighted by Gasteiger charge is 2.44. The monoisotopic (exact) mass is 669 g/mol. The second-order valence-corrected chi connectivity index (χ2v) is 16.4. The van der Waals surface area contributed by atoms with Crippen LogP contribution in [0.2, 0.25) is 5.02 Å². The molecule has 2 aromatic carbocycles. The molecule has 0 aromatic heterocycles. The third-order valence-corrected chi connectivity index (χ3v) is 12.1. The molecular formula is C35H44ClN3O6S. The van der Waals surface area contributed by atoms with Crippen LogP contribution in [-0.2, 0) is 36.1 Å². The Morgan fingerprint density at radius 3 is 2.74 bits per heavy atom. The lowest BCUT2D eigenvalue weighted by Crippen LogP contribution is -2.49. The predicted octanol–water partition coefficient (Wildman–Crippen LogP) is 5.61. The summed E-state index contributed by atoms with van der Waals surface area (Å²) in [6.07, 6.45) is 7.56. The van der Waals surface area contributed by atoms with Crippen LogP contribution in [-0.4, -0.2) is 59.1 Å². The van der Waals surface area contributed by atoms with E-state index in [2.05, 4.69) is 26.1 Å². The van der Waals surface area contributed by atoms with Gasteiger partial charge < -0.3 is 19.5 Å². The molecule has 248 valence electrons. The number of ether oxygens (including phenoxy) is 2. The quantitative estimate of drug-likeness (QED) is 0.400. The molecule has 2 bridgehead atoms. The van der Waals surface area contributed by atoms with Gasteiger partial charge in [0.15, 0.2) is 9.92 Å². The van der Waals surface area contributed by atoms with Crippen LogP contribution in [0.3, 0.4) is 0 Å². The van der Waals surface area contributed by atoms with Gasteiger partial charge in [0.1, 0.15) is 11.4 Å². The van der Waals surface area contributed by atoms with Crippen LogP contribution in [0.5, 0.6) is 5.75 Å². The molecule has 4 aliphatic rings. The average molecular weight is 670 g/mol. The van der Waals surface area contributed by atoms with Gasteiger partial charge in [0, 0.05) is 29.4 Å². The molecule has 2 heterocycles. The van der Waals surface area contributed by atoms with E-state index >= 15 is 0 Å². The summed E-state index contributed by atoms with van der Waals surface area (Å²) in [6, 6.07) is 11.3. The number of aliphatic hydroxyl groups excluding tert-OH is 1. The molecule has 2 N–H and O–H groups in total. The lowest BCUT2D eigenvalue weighted by atomic mass is 9.68.